The molecule has 182 valence electrons. The standard InChI is InChI=1S/C28H24FN3O4/c1-32-15-18(14-30-32)20-11-10-19(29)12-17(20)13-26(27(33)34)31-28(35)36-16-25-23-8-4-2-6-21(23)22-7-3-5-9-24(22)25/h2-12,14-15,25-26H,13,16H2,1H3,(H,31,35)(H,33,34)/t26-/m0/s1. The molecule has 1 aliphatic carbocycles. The summed E-state index contributed by atoms with van der Waals surface area (Å²) in [5, 5.41) is 16.3. The van der Waals surface area contributed by atoms with Crippen molar-refractivity contribution in [1.82, 2.24) is 15.1 Å². The van der Waals surface area contributed by atoms with Gasteiger partial charge < -0.3 is 15.2 Å². The van der Waals surface area contributed by atoms with E-state index in [1.165, 1.54) is 12.1 Å². The summed E-state index contributed by atoms with van der Waals surface area (Å²) < 4.78 is 21.1. The predicted octanol–water partition coefficient (Wildman–Crippen LogP) is 4.76. The van der Waals surface area contributed by atoms with Gasteiger partial charge in [0.1, 0.15) is 18.5 Å². The third-order valence-corrected chi connectivity index (χ3v) is 6.44. The van der Waals surface area contributed by atoms with Crippen molar-refractivity contribution >= 4 is 12.1 Å². The van der Waals surface area contributed by atoms with Crippen LogP contribution in [0.2, 0.25) is 0 Å². The Morgan fingerprint density at radius 2 is 1.72 bits per heavy atom. The first-order valence-corrected chi connectivity index (χ1v) is 11.5. The molecular weight excluding hydrogens is 461 g/mol. The minimum atomic E-state index is -1.31. The number of carbonyl (C=O) groups is 2. The topological polar surface area (TPSA) is 93.5 Å². The molecule has 0 unspecified atom stereocenters. The molecule has 1 amide bonds. The number of halogens is 1. The summed E-state index contributed by atoms with van der Waals surface area (Å²) in [7, 11) is 1.76. The van der Waals surface area contributed by atoms with Crippen molar-refractivity contribution in [3.05, 3.63) is 102 Å². The normalized spacial score (nSPS) is 13.1. The number of alkyl carbamates (subject to hydrolysis) is 1. The van der Waals surface area contributed by atoms with E-state index in [9.17, 15) is 19.1 Å². The Balaban J connectivity index is 1.31. The van der Waals surface area contributed by atoms with Crippen LogP contribution in [0.15, 0.2) is 79.1 Å². The Morgan fingerprint density at radius 1 is 1.06 bits per heavy atom. The van der Waals surface area contributed by atoms with E-state index in [0.717, 1.165) is 27.8 Å². The molecule has 0 radical (unpaired) electrons. The van der Waals surface area contributed by atoms with Gasteiger partial charge in [0.15, 0.2) is 0 Å². The average molecular weight is 486 g/mol. The number of amides is 1. The van der Waals surface area contributed by atoms with Gasteiger partial charge in [0, 0.05) is 31.1 Å². The first kappa shape index (κ1) is 23.3. The first-order chi connectivity index (χ1) is 17.4. The molecule has 1 aliphatic rings. The lowest BCUT2D eigenvalue weighted by Gasteiger charge is -2.18. The van der Waals surface area contributed by atoms with E-state index in [2.05, 4.69) is 10.4 Å². The maximum absolute atomic E-state index is 14.0. The second-order valence-corrected chi connectivity index (χ2v) is 8.77. The van der Waals surface area contributed by atoms with Gasteiger partial charge in [-0.1, -0.05) is 54.6 Å². The number of carboxylic acid groups (broad SMARTS) is 1. The van der Waals surface area contributed by atoms with Crippen molar-refractivity contribution in [2.75, 3.05) is 6.61 Å². The SMILES string of the molecule is Cn1cc(-c2ccc(F)cc2C[C@H](NC(=O)OCC2c3ccccc3-c3ccccc32)C(=O)O)cn1. The van der Waals surface area contributed by atoms with Gasteiger partial charge in [-0.05, 0) is 45.5 Å². The number of ether oxygens (including phenoxy) is 1. The van der Waals surface area contributed by atoms with Crippen LogP contribution in [-0.2, 0) is 23.0 Å². The van der Waals surface area contributed by atoms with Gasteiger partial charge >= 0.3 is 12.1 Å². The summed E-state index contributed by atoms with van der Waals surface area (Å²) in [5.41, 5.74) is 6.11. The van der Waals surface area contributed by atoms with Crippen LogP contribution in [0, 0.1) is 5.82 Å². The molecule has 0 spiro atoms. The van der Waals surface area contributed by atoms with Gasteiger partial charge in [0.05, 0.1) is 6.20 Å². The van der Waals surface area contributed by atoms with Crippen molar-refractivity contribution in [3.8, 4) is 22.3 Å². The van der Waals surface area contributed by atoms with Gasteiger partial charge in [-0.2, -0.15) is 5.10 Å². The predicted molar refractivity (Wildman–Crippen MR) is 132 cm³/mol. The highest BCUT2D eigenvalue weighted by Crippen LogP contribution is 2.44. The Labute approximate surface area is 207 Å². The number of hydrogen-bond donors (Lipinski definition) is 2. The summed E-state index contributed by atoms with van der Waals surface area (Å²) in [6.07, 6.45) is 2.40. The van der Waals surface area contributed by atoms with Gasteiger partial charge in [-0.25, -0.2) is 14.0 Å². The lowest BCUT2D eigenvalue weighted by atomic mass is 9.96. The lowest BCUT2D eigenvalue weighted by molar-refractivity contribution is -0.139. The van der Waals surface area contributed by atoms with Crippen LogP contribution < -0.4 is 5.32 Å². The summed E-state index contributed by atoms with van der Waals surface area (Å²) >= 11 is 0. The number of carboxylic acids is 1. The van der Waals surface area contributed by atoms with Gasteiger partial charge in [0.2, 0.25) is 0 Å². The Hall–Kier alpha value is -4.46. The van der Waals surface area contributed by atoms with Gasteiger partial charge in [-0.15, -0.1) is 0 Å². The quantitative estimate of drug-likeness (QED) is 0.394. The van der Waals surface area contributed by atoms with Gasteiger partial charge in [0.25, 0.3) is 0 Å². The monoisotopic (exact) mass is 485 g/mol. The van der Waals surface area contributed by atoms with Gasteiger partial charge in [-0.3, -0.25) is 4.68 Å². The van der Waals surface area contributed by atoms with E-state index in [4.69, 9.17) is 4.74 Å². The van der Waals surface area contributed by atoms with Crippen LogP contribution in [0.4, 0.5) is 9.18 Å². The molecule has 8 heteroatoms. The molecule has 0 fully saturated rings. The molecule has 0 bridgehead atoms. The molecule has 3 aromatic carbocycles. The van der Waals surface area contributed by atoms with Crippen molar-refractivity contribution in [3.63, 3.8) is 0 Å². The van der Waals surface area contributed by atoms with Crippen molar-refractivity contribution < 1.29 is 23.8 Å². The molecule has 1 atom stereocenters. The Morgan fingerprint density at radius 3 is 2.33 bits per heavy atom. The smallest absolute Gasteiger partial charge is 0.407 e. The summed E-state index contributed by atoms with van der Waals surface area (Å²) in [6.45, 7) is 0.0626. The second kappa shape index (κ2) is 9.65. The number of hydrogen-bond acceptors (Lipinski definition) is 4. The molecule has 1 heterocycles. The van der Waals surface area contributed by atoms with Crippen LogP contribution in [0.25, 0.3) is 22.3 Å². The molecule has 2 N–H and O–H groups in total. The van der Waals surface area contributed by atoms with Crippen molar-refractivity contribution in [2.45, 2.75) is 18.4 Å². The maximum atomic E-state index is 14.0. The van der Waals surface area contributed by atoms with Crippen LogP contribution in [0.1, 0.15) is 22.6 Å². The van der Waals surface area contributed by atoms with Crippen molar-refractivity contribution in [2.24, 2.45) is 7.05 Å². The highest BCUT2D eigenvalue weighted by molar-refractivity contribution is 5.82. The largest absolute Gasteiger partial charge is 0.480 e. The minimum Gasteiger partial charge on any atom is -0.480 e. The zero-order valence-corrected chi connectivity index (χ0v) is 19.5. The average Bonchev–Trinajstić information content (AvgIpc) is 3.43. The summed E-state index contributed by atoms with van der Waals surface area (Å²) in [4.78, 5) is 24.7. The number of aryl methyl sites for hydroxylation is 1. The fraction of sp³-hybridized carbons (Fsp3) is 0.179. The van der Waals surface area contributed by atoms with E-state index < -0.39 is 23.9 Å². The molecule has 0 saturated carbocycles. The zero-order valence-electron chi connectivity index (χ0n) is 19.5. The summed E-state index contributed by atoms with van der Waals surface area (Å²) in [5.74, 6) is -1.89. The molecule has 36 heavy (non-hydrogen) atoms. The lowest BCUT2D eigenvalue weighted by Crippen LogP contribution is -2.43. The number of nitrogens with zero attached hydrogens (tertiary/aromatic N) is 2. The van der Waals surface area contributed by atoms with E-state index in [1.807, 2.05) is 48.5 Å². The molecule has 0 aliphatic heterocycles. The molecule has 4 aromatic rings. The number of benzene rings is 3. The third-order valence-electron chi connectivity index (χ3n) is 6.44. The number of aliphatic carboxylic acids is 1. The number of carbonyl (C=O) groups excluding carboxylic acids is 1. The molecule has 0 saturated heterocycles. The third kappa shape index (κ3) is 4.57. The second-order valence-electron chi connectivity index (χ2n) is 8.77. The fourth-order valence-corrected chi connectivity index (χ4v) is 4.78. The van der Waals surface area contributed by atoms with Crippen molar-refractivity contribution in [1.29, 1.82) is 0 Å². The Bertz CT molecular complexity index is 1400. The minimum absolute atomic E-state index is 0.0626. The van der Waals surface area contributed by atoms with E-state index in [1.54, 1.807) is 30.2 Å². The van der Waals surface area contributed by atoms with E-state index in [-0.39, 0.29) is 18.9 Å². The van der Waals surface area contributed by atoms with E-state index in [0.29, 0.717) is 11.1 Å². The van der Waals surface area contributed by atoms with Crippen LogP contribution in [0.5, 0.6) is 0 Å². The number of rotatable bonds is 7. The first-order valence-electron chi connectivity index (χ1n) is 11.5. The number of aromatic nitrogens is 2. The fourth-order valence-electron chi connectivity index (χ4n) is 4.78. The highest BCUT2D eigenvalue weighted by Gasteiger charge is 2.30. The van der Waals surface area contributed by atoms with E-state index >= 15 is 0 Å². The number of fused-ring (bicyclic) bond motifs is 3. The van der Waals surface area contributed by atoms with Crippen LogP contribution >= 0.6 is 0 Å². The van der Waals surface area contributed by atoms with Crippen LogP contribution in [-0.4, -0.2) is 39.6 Å². The zero-order chi connectivity index (χ0) is 25.2. The highest BCUT2D eigenvalue weighted by atomic mass is 19.1. The molecule has 1 aromatic heterocycles. The van der Waals surface area contributed by atoms with Crippen LogP contribution in [0.3, 0.4) is 0 Å². The number of nitrogens with one attached hydrogen (secondary N) is 1. The Kier molecular flexibility index (Phi) is 6.25. The summed E-state index contributed by atoms with van der Waals surface area (Å²) in [6, 6.07) is 18.8. The molecule has 7 nitrogen and oxygen atoms in total. The maximum Gasteiger partial charge on any atom is 0.407 e. The molecular formula is C28H24FN3O4. The molecule has 5 rings (SSSR count).